The third-order valence-corrected chi connectivity index (χ3v) is 8.07. The topological polar surface area (TPSA) is 59.1 Å². The van der Waals surface area contributed by atoms with Gasteiger partial charge in [0, 0.05) is 13.1 Å². The monoisotopic (exact) mass is 352 g/mol. The molecule has 1 amide bonds. The van der Waals surface area contributed by atoms with Gasteiger partial charge in [0.25, 0.3) is 0 Å². The van der Waals surface area contributed by atoms with E-state index >= 15 is 0 Å². The van der Waals surface area contributed by atoms with Crippen LogP contribution in [0.2, 0.25) is 0 Å². The van der Waals surface area contributed by atoms with Crippen molar-refractivity contribution in [2.24, 2.45) is 0 Å². The van der Waals surface area contributed by atoms with Crippen molar-refractivity contribution in [3.63, 3.8) is 0 Å². The molecule has 2 unspecified atom stereocenters. The summed E-state index contributed by atoms with van der Waals surface area (Å²) in [5, 5.41) is 0. The molecule has 2 saturated carbocycles. The first-order chi connectivity index (χ1) is 10.5. The Bertz CT molecular complexity index is 459. The number of halogens is 1. The average molecular weight is 352 g/mol. The minimum atomic E-state index is -3.49. The Balaban J connectivity index is 1.78. The van der Waals surface area contributed by atoms with Gasteiger partial charge in [0.2, 0.25) is 0 Å². The molecular formula is C13H22FN2O4PS. The van der Waals surface area contributed by atoms with E-state index in [0.29, 0.717) is 0 Å². The molecule has 22 heavy (non-hydrogen) atoms. The summed E-state index contributed by atoms with van der Waals surface area (Å²) in [5.74, 6) is 0. The summed E-state index contributed by atoms with van der Waals surface area (Å²) in [7, 11) is -2.17. The summed E-state index contributed by atoms with van der Waals surface area (Å²) in [4.78, 5) is 10.9. The molecule has 3 aliphatic rings. The number of fused-ring (bicyclic) bond motifs is 1. The third kappa shape index (κ3) is 3.36. The fraction of sp³-hybridized carbons (Fsp3) is 0.923. The van der Waals surface area contributed by atoms with E-state index in [1.54, 1.807) is 0 Å². The molecule has 0 bridgehead atoms. The molecule has 0 aromatic carbocycles. The lowest BCUT2D eigenvalue weighted by Crippen LogP contribution is -2.30. The van der Waals surface area contributed by atoms with Crippen LogP contribution in [0, 0.1) is 0 Å². The lowest BCUT2D eigenvalue weighted by Gasteiger charge is -2.31. The lowest BCUT2D eigenvalue weighted by atomic mass is 9.95. The lowest BCUT2D eigenvalue weighted by molar-refractivity contribution is 0.110. The van der Waals surface area contributed by atoms with Gasteiger partial charge in [0.05, 0.1) is 24.3 Å². The number of hydrogen-bond acceptors (Lipinski definition) is 5. The van der Waals surface area contributed by atoms with E-state index in [4.69, 9.17) is 9.05 Å². The molecule has 9 heteroatoms. The number of rotatable bonds is 4. The van der Waals surface area contributed by atoms with Gasteiger partial charge in [-0.3, -0.25) is 9.05 Å². The molecule has 0 aromatic rings. The Kier molecular flexibility index (Phi) is 5.14. The predicted octanol–water partition coefficient (Wildman–Crippen LogP) is 4.28. The Hall–Kier alpha value is -0.140. The average Bonchev–Trinajstić information content (AvgIpc) is 3.10. The number of carbonyl (C=O) groups excluding carboxylic acids is 1. The van der Waals surface area contributed by atoms with Gasteiger partial charge in [-0.1, -0.05) is 25.7 Å². The van der Waals surface area contributed by atoms with Crippen molar-refractivity contribution in [2.75, 3.05) is 7.05 Å². The molecule has 0 spiro atoms. The van der Waals surface area contributed by atoms with Gasteiger partial charge in [-0.15, -0.1) is 8.47 Å². The summed E-state index contributed by atoms with van der Waals surface area (Å²) in [6.45, 7) is 0. The summed E-state index contributed by atoms with van der Waals surface area (Å²) in [6, 6.07) is -0.0159. The first-order valence-corrected chi connectivity index (χ1v) is 10.1. The van der Waals surface area contributed by atoms with Crippen molar-refractivity contribution in [1.29, 1.82) is 0 Å². The van der Waals surface area contributed by atoms with Crippen molar-refractivity contribution in [3.05, 3.63) is 0 Å². The van der Waals surface area contributed by atoms with Gasteiger partial charge in [-0.25, -0.2) is 13.7 Å². The van der Waals surface area contributed by atoms with Crippen LogP contribution in [0.5, 0.6) is 0 Å². The minimum Gasteiger partial charge on any atom is -0.290 e. The van der Waals surface area contributed by atoms with Crippen LogP contribution in [0.4, 0.5) is 9.18 Å². The van der Waals surface area contributed by atoms with E-state index < -0.39 is 13.9 Å². The van der Waals surface area contributed by atoms with Crippen LogP contribution in [-0.4, -0.2) is 39.8 Å². The van der Waals surface area contributed by atoms with Crippen molar-refractivity contribution in [3.8, 4) is 0 Å². The van der Waals surface area contributed by atoms with Crippen LogP contribution in [0.3, 0.4) is 0 Å². The van der Waals surface area contributed by atoms with Crippen LogP contribution in [-0.2, 0) is 13.6 Å². The Morgan fingerprint density at radius 2 is 1.59 bits per heavy atom. The summed E-state index contributed by atoms with van der Waals surface area (Å²) >= 11 is 0.821. The maximum atomic E-state index is 13.2. The van der Waals surface area contributed by atoms with Gasteiger partial charge in [-0.2, -0.15) is 0 Å². The fourth-order valence-electron chi connectivity index (χ4n) is 3.36. The molecule has 6 nitrogen and oxygen atoms in total. The first-order valence-electron chi connectivity index (χ1n) is 7.87. The van der Waals surface area contributed by atoms with E-state index in [1.807, 2.05) is 0 Å². The molecule has 0 N–H and O–H groups in total. The summed E-state index contributed by atoms with van der Waals surface area (Å²) < 4.78 is 40.1. The van der Waals surface area contributed by atoms with Gasteiger partial charge in [-0.05, 0) is 25.7 Å². The highest BCUT2D eigenvalue weighted by atomic mass is 32.2. The highest BCUT2D eigenvalue weighted by Crippen LogP contribution is 2.65. The van der Waals surface area contributed by atoms with Crippen LogP contribution in [0.1, 0.15) is 51.4 Å². The molecule has 2 atom stereocenters. The normalized spacial score (nSPS) is 35.8. The second-order valence-corrected chi connectivity index (χ2v) is 9.28. The SMILES string of the molecule is CN(SN(C1CCCC1)P1(=O)OC2CCCCC2O1)C(=O)F. The van der Waals surface area contributed by atoms with Crippen molar-refractivity contribution < 1.29 is 22.8 Å². The first kappa shape index (κ1) is 16.7. The maximum Gasteiger partial charge on any atom is 0.420 e. The molecule has 0 aromatic heterocycles. The van der Waals surface area contributed by atoms with Gasteiger partial charge < -0.3 is 0 Å². The predicted molar refractivity (Wildman–Crippen MR) is 81.8 cm³/mol. The van der Waals surface area contributed by atoms with Crippen molar-refractivity contribution >= 4 is 26.0 Å². The molecule has 3 fully saturated rings. The largest absolute Gasteiger partial charge is 0.420 e. The fourth-order valence-corrected chi connectivity index (χ4v) is 6.97. The molecule has 126 valence electrons. The van der Waals surface area contributed by atoms with Crippen LogP contribution < -0.4 is 0 Å². The second-order valence-electron chi connectivity index (χ2n) is 6.11. The smallest absolute Gasteiger partial charge is 0.290 e. The Morgan fingerprint density at radius 1 is 1.09 bits per heavy atom. The van der Waals surface area contributed by atoms with E-state index in [0.717, 1.165) is 67.8 Å². The maximum absolute atomic E-state index is 13.2. The van der Waals surface area contributed by atoms with Gasteiger partial charge in [0.1, 0.15) is 0 Å². The van der Waals surface area contributed by atoms with E-state index in [2.05, 4.69) is 0 Å². The van der Waals surface area contributed by atoms with Crippen LogP contribution >= 0.6 is 19.9 Å². The van der Waals surface area contributed by atoms with Crippen molar-refractivity contribution in [2.45, 2.75) is 69.6 Å². The molecule has 2 aliphatic carbocycles. The number of carbonyl (C=O) groups is 1. The zero-order valence-corrected chi connectivity index (χ0v) is 14.4. The third-order valence-electron chi connectivity index (χ3n) is 4.51. The summed E-state index contributed by atoms with van der Waals surface area (Å²) in [5.41, 5.74) is 0. The Morgan fingerprint density at radius 3 is 2.09 bits per heavy atom. The summed E-state index contributed by atoms with van der Waals surface area (Å²) in [6.07, 6.45) is 5.69. The van der Waals surface area contributed by atoms with Crippen LogP contribution in [0.15, 0.2) is 0 Å². The zero-order chi connectivity index (χ0) is 15.7. The number of nitrogens with zero attached hydrogens (tertiary/aromatic N) is 2. The highest BCUT2D eigenvalue weighted by molar-refractivity contribution is 7.99. The molecule has 1 saturated heterocycles. The molecule has 0 radical (unpaired) electrons. The van der Waals surface area contributed by atoms with Gasteiger partial charge in [0.15, 0.2) is 0 Å². The zero-order valence-electron chi connectivity index (χ0n) is 12.6. The van der Waals surface area contributed by atoms with E-state index in [9.17, 15) is 13.8 Å². The quantitative estimate of drug-likeness (QED) is 0.326. The Labute approximate surface area is 134 Å². The van der Waals surface area contributed by atoms with E-state index in [1.165, 1.54) is 11.1 Å². The highest BCUT2D eigenvalue weighted by Gasteiger charge is 2.52. The van der Waals surface area contributed by atoms with Crippen LogP contribution in [0.25, 0.3) is 0 Å². The number of amides is 1. The van der Waals surface area contributed by atoms with Gasteiger partial charge >= 0.3 is 13.9 Å². The van der Waals surface area contributed by atoms with E-state index in [-0.39, 0.29) is 18.2 Å². The standard InChI is InChI=1S/C13H22FN2O4PS/c1-15(13(14)17)22-16(10-6-2-3-7-10)21(18)19-11-8-4-5-9-12(11)20-21/h10-12H,2-9H2,1H3. The minimum absolute atomic E-state index is 0.0159. The molecule has 1 aliphatic heterocycles. The molecule has 1 heterocycles. The number of hydrogen-bond donors (Lipinski definition) is 0. The second kappa shape index (κ2) is 6.77. The van der Waals surface area contributed by atoms with Crippen molar-refractivity contribution in [1.82, 2.24) is 8.38 Å². The molecular weight excluding hydrogens is 330 g/mol. The molecule has 3 rings (SSSR count).